The minimum atomic E-state index is -0.329. The largest absolute Gasteiger partial charge is 0.436 e. The number of oxazole rings is 1. The zero-order valence-corrected chi connectivity index (χ0v) is 17.1. The van der Waals surface area contributed by atoms with Crippen molar-refractivity contribution in [1.82, 2.24) is 10.3 Å². The van der Waals surface area contributed by atoms with Crippen LogP contribution in [0.3, 0.4) is 0 Å². The molecule has 0 aliphatic rings. The van der Waals surface area contributed by atoms with E-state index >= 15 is 0 Å². The van der Waals surface area contributed by atoms with E-state index in [1.165, 1.54) is 0 Å². The molecule has 0 aliphatic heterocycles. The molecule has 29 heavy (non-hydrogen) atoms. The minimum Gasteiger partial charge on any atom is -0.436 e. The van der Waals surface area contributed by atoms with Gasteiger partial charge in [0.05, 0.1) is 0 Å². The number of aromatic nitrogens is 1. The maximum atomic E-state index is 12.2. The molecule has 0 saturated heterocycles. The van der Waals surface area contributed by atoms with Crippen molar-refractivity contribution in [3.8, 4) is 11.5 Å². The zero-order valence-electron chi connectivity index (χ0n) is 14.8. The number of fused-ring (bicyclic) bond motifs is 1. The van der Waals surface area contributed by atoms with Crippen molar-refractivity contribution in [1.29, 1.82) is 0 Å². The van der Waals surface area contributed by atoms with Crippen molar-refractivity contribution in [2.75, 3.05) is 5.32 Å². The topological polar surface area (TPSA) is 67.2 Å². The van der Waals surface area contributed by atoms with Gasteiger partial charge in [0.15, 0.2) is 10.7 Å². The van der Waals surface area contributed by atoms with Gasteiger partial charge in [-0.2, -0.15) is 0 Å². The van der Waals surface area contributed by atoms with E-state index in [0.717, 1.165) is 5.56 Å². The molecule has 0 aliphatic carbocycles. The van der Waals surface area contributed by atoms with Gasteiger partial charge in [0, 0.05) is 26.9 Å². The predicted molar refractivity (Wildman–Crippen MR) is 120 cm³/mol. The average Bonchev–Trinajstić information content (AvgIpc) is 3.12. The Bertz CT molecular complexity index is 1220. The Morgan fingerprint density at radius 3 is 2.52 bits per heavy atom. The molecule has 0 atom stereocenters. The van der Waals surface area contributed by atoms with Crippen LogP contribution < -0.4 is 10.6 Å². The third-order valence-electron chi connectivity index (χ3n) is 4.05. The summed E-state index contributed by atoms with van der Waals surface area (Å²) in [7, 11) is 0. The Hall–Kier alpha value is -2.93. The number of nitrogens with zero attached hydrogens (tertiary/aromatic N) is 1. The fourth-order valence-electron chi connectivity index (χ4n) is 2.69. The first kappa shape index (κ1) is 19.4. The molecule has 0 radical (unpaired) electrons. The SMILES string of the molecule is O=C(NC(=S)Nc1ccc2oc(-c3cccc(Cl)c3)nc2c1)c1ccc(Cl)cc1. The van der Waals surface area contributed by atoms with E-state index in [0.29, 0.717) is 38.3 Å². The second-order valence-electron chi connectivity index (χ2n) is 6.13. The van der Waals surface area contributed by atoms with Crippen LogP contribution >= 0.6 is 35.4 Å². The van der Waals surface area contributed by atoms with Gasteiger partial charge in [-0.1, -0.05) is 29.3 Å². The Morgan fingerprint density at radius 2 is 1.76 bits per heavy atom. The second kappa shape index (κ2) is 8.21. The number of anilines is 1. The van der Waals surface area contributed by atoms with Gasteiger partial charge in [0.25, 0.3) is 5.91 Å². The van der Waals surface area contributed by atoms with Crippen LogP contribution in [0.5, 0.6) is 0 Å². The smallest absolute Gasteiger partial charge is 0.257 e. The Kier molecular flexibility index (Phi) is 5.49. The molecule has 2 N–H and O–H groups in total. The fraction of sp³-hybridized carbons (Fsp3) is 0. The maximum Gasteiger partial charge on any atom is 0.257 e. The quantitative estimate of drug-likeness (QED) is 0.385. The minimum absolute atomic E-state index is 0.169. The number of benzene rings is 3. The number of halogens is 2. The van der Waals surface area contributed by atoms with Crippen molar-refractivity contribution in [3.63, 3.8) is 0 Å². The number of hydrogen-bond donors (Lipinski definition) is 2. The zero-order chi connectivity index (χ0) is 20.4. The molecule has 8 heteroatoms. The van der Waals surface area contributed by atoms with Crippen LogP contribution in [0.2, 0.25) is 10.0 Å². The Balaban J connectivity index is 1.48. The maximum absolute atomic E-state index is 12.2. The highest BCUT2D eigenvalue weighted by Crippen LogP contribution is 2.27. The van der Waals surface area contributed by atoms with Crippen molar-refractivity contribution < 1.29 is 9.21 Å². The van der Waals surface area contributed by atoms with Gasteiger partial charge in [0.2, 0.25) is 5.89 Å². The average molecular weight is 442 g/mol. The fourth-order valence-corrected chi connectivity index (χ4v) is 3.22. The van der Waals surface area contributed by atoms with E-state index in [1.807, 2.05) is 12.1 Å². The monoisotopic (exact) mass is 441 g/mol. The van der Waals surface area contributed by atoms with Gasteiger partial charge in [-0.3, -0.25) is 10.1 Å². The summed E-state index contributed by atoms with van der Waals surface area (Å²) in [6.07, 6.45) is 0. The second-order valence-corrected chi connectivity index (χ2v) is 7.41. The van der Waals surface area contributed by atoms with Crippen LogP contribution in [-0.4, -0.2) is 16.0 Å². The molecule has 3 aromatic carbocycles. The highest BCUT2D eigenvalue weighted by atomic mass is 35.5. The highest BCUT2D eigenvalue weighted by molar-refractivity contribution is 7.80. The number of thiocarbonyl (C=S) groups is 1. The molecule has 144 valence electrons. The normalized spacial score (nSPS) is 10.7. The van der Waals surface area contributed by atoms with Crippen LogP contribution in [0.15, 0.2) is 71.1 Å². The molecule has 4 rings (SSSR count). The summed E-state index contributed by atoms with van der Waals surface area (Å²) in [4.78, 5) is 16.7. The number of carbonyl (C=O) groups is 1. The number of carbonyl (C=O) groups excluding carboxylic acids is 1. The van der Waals surface area contributed by atoms with E-state index in [1.54, 1.807) is 54.6 Å². The molecule has 1 aromatic heterocycles. The summed E-state index contributed by atoms with van der Waals surface area (Å²) in [5.74, 6) is 0.142. The van der Waals surface area contributed by atoms with E-state index in [9.17, 15) is 4.79 Å². The van der Waals surface area contributed by atoms with Gasteiger partial charge in [-0.25, -0.2) is 4.98 Å². The van der Waals surface area contributed by atoms with E-state index < -0.39 is 0 Å². The lowest BCUT2D eigenvalue weighted by molar-refractivity contribution is 0.0977. The summed E-state index contributed by atoms with van der Waals surface area (Å²) in [5, 5.41) is 6.93. The lowest BCUT2D eigenvalue weighted by atomic mass is 10.2. The molecule has 0 spiro atoms. The van der Waals surface area contributed by atoms with Gasteiger partial charge >= 0.3 is 0 Å². The molecule has 0 unspecified atom stereocenters. The Morgan fingerprint density at radius 1 is 0.966 bits per heavy atom. The lowest BCUT2D eigenvalue weighted by Crippen LogP contribution is -2.34. The molecule has 0 saturated carbocycles. The lowest BCUT2D eigenvalue weighted by Gasteiger charge is -2.09. The highest BCUT2D eigenvalue weighted by Gasteiger charge is 2.11. The summed E-state index contributed by atoms with van der Waals surface area (Å²) in [5.41, 5.74) is 3.19. The van der Waals surface area contributed by atoms with Crippen LogP contribution in [0, 0.1) is 0 Å². The first-order valence-electron chi connectivity index (χ1n) is 8.52. The first-order valence-corrected chi connectivity index (χ1v) is 9.69. The van der Waals surface area contributed by atoms with Crippen LogP contribution in [0.1, 0.15) is 10.4 Å². The summed E-state index contributed by atoms with van der Waals surface area (Å²) >= 11 is 17.1. The first-order chi connectivity index (χ1) is 14.0. The third-order valence-corrected chi connectivity index (χ3v) is 4.74. The van der Waals surface area contributed by atoms with Crippen LogP contribution in [0.4, 0.5) is 5.69 Å². The summed E-state index contributed by atoms with van der Waals surface area (Å²) in [6, 6.07) is 19.2. The number of nitrogens with one attached hydrogen (secondary N) is 2. The molecular formula is C21H13Cl2N3O2S. The van der Waals surface area contributed by atoms with E-state index in [-0.39, 0.29) is 11.0 Å². The van der Waals surface area contributed by atoms with Crippen molar-refractivity contribution >= 4 is 63.2 Å². The number of amides is 1. The standard InChI is InChI=1S/C21H13Cl2N3O2S/c22-14-6-4-12(5-7-14)19(27)26-21(29)24-16-8-9-18-17(11-16)25-20(28-18)13-2-1-3-15(23)10-13/h1-11H,(H2,24,26,27,29). The van der Waals surface area contributed by atoms with Crippen LogP contribution in [0.25, 0.3) is 22.6 Å². The molecular weight excluding hydrogens is 429 g/mol. The number of rotatable bonds is 3. The summed E-state index contributed by atoms with van der Waals surface area (Å²) < 4.78 is 5.79. The predicted octanol–water partition coefficient (Wildman–Crippen LogP) is 5.93. The Labute approximate surface area is 181 Å². The van der Waals surface area contributed by atoms with Crippen molar-refractivity contribution in [2.24, 2.45) is 0 Å². The molecule has 0 bridgehead atoms. The molecule has 5 nitrogen and oxygen atoms in total. The van der Waals surface area contributed by atoms with Crippen LogP contribution in [-0.2, 0) is 0 Å². The summed E-state index contributed by atoms with van der Waals surface area (Å²) in [6.45, 7) is 0. The van der Waals surface area contributed by atoms with Gasteiger partial charge < -0.3 is 9.73 Å². The van der Waals surface area contributed by atoms with Gasteiger partial charge in [-0.05, 0) is 72.9 Å². The van der Waals surface area contributed by atoms with Crippen molar-refractivity contribution in [2.45, 2.75) is 0 Å². The third kappa shape index (κ3) is 4.56. The molecule has 0 fully saturated rings. The number of hydrogen-bond acceptors (Lipinski definition) is 4. The van der Waals surface area contributed by atoms with Gasteiger partial charge in [-0.15, -0.1) is 0 Å². The van der Waals surface area contributed by atoms with Gasteiger partial charge in [0.1, 0.15) is 5.52 Å². The van der Waals surface area contributed by atoms with E-state index in [2.05, 4.69) is 15.6 Å². The van der Waals surface area contributed by atoms with E-state index in [4.69, 9.17) is 39.8 Å². The molecule has 1 heterocycles. The molecule has 1 amide bonds. The molecule has 4 aromatic rings. The van der Waals surface area contributed by atoms with Crippen molar-refractivity contribution in [3.05, 3.63) is 82.3 Å².